The van der Waals surface area contributed by atoms with Crippen LogP contribution in [0.2, 0.25) is 0 Å². The molecule has 0 bridgehead atoms. The van der Waals surface area contributed by atoms with Crippen molar-refractivity contribution >= 4 is 26.7 Å². The van der Waals surface area contributed by atoms with Gasteiger partial charge in [0, 0.05) is 4.47 Å². The Bertz CT molecular complexity index is 576. The number of hydrogen-bond acceptors (Lipinski definition) is 1. The minimum atomic E-state index is -0.304. The Labute approximate surface area is 110 Å². The molecule has 0 aliphatic heterocycles. The Morgan fingerprint density at radius 3 is 2.65 bits per heavy atom. The van der Waals surface area contributed by atoms with Crippen LogP contribution in [0.5, 0.6) is 0 Å². The highest BCUT2D eigenvalue weighted by Crippen LogP contribution is 2.43. The number of aliphatic hydroxyl groups excluding tert-OH is 1. The van der Waals surface area contributed by atoms with Crippen molar-refractivity contribution in [2.24, 2.45) is 0 Å². The molecule has 2 aromatic carbocycles. The average Bonchev–Trinajstić information content (AvgIpc) is 2.34. The number of benzene rings is 2. The topological polar surface area (TPSA) is 20.2 Å². The lowest BCUT2D eigenvalue weighted by Gasteiger charge is -2.28. The van der Waals surface area contributed by atoms with E-state index >= 15 is 0 Å². The molecule has 0 spiro atoms. The fourth-order valence-corrected chi connectivity index (χ4v) is 3.50. The van der Waals surface area contributed by atoms with Crippen molar-refractivity contribution in [3.05, 3.63) is 45.9 Å². The summed E-state index contributed by atoms with van der Waals surface area (Å²) in [7, 11) is 0. The fourth-order valence-electron chi connectivity index (χ4n) is 2.91. The van der Waals surface area contributed by atoms with Crippen molar-refractivity contribution in [1.82, 2.24) is 0 Å². The van der Waals surface area contributed by atoms with E-state index in [2.05, 4.69) is 53.2 Å². The molecule has 2 atom stereocenters. The molecule has 0 saturated heterocycles. The third kappa shape index (κ3) is 1.71. The molecule has 0 heterocycles. The molecule has 88 valence electrons. The molecule has 0 radical (unpaired) electrons. The van der Waals surface area contributed by atoms with Crippen LogP contribution in [0, 0.1) is 0 Å². The Morgan fingerprint density at radius 1 is 1.18 bits per heavy atom. The Balaban J connectivity index is 2.41. The standard InChI is InChI=1S/C15H15BrO/c1-9-6-7-14(17)12-8-13(16)10-4-2-3-5-11(10)15(9)12/h2-5,8-9,14,17H,6-7H2,1H3/t9?,14-/m1/s1. The van der Waals surface area contributed by atoms with Crippen LogP contribution in [0.4, 0.5) is 0 Å². The predicted octanol–water partition coefficient (Wildman–Crippen LogP) is 4.53. The molecule has 3 rings (SSSR count). The van der Waals surface area contributed by atoms with E-state index in [9.17, 15) is 5.11 Å². The van der Waals surface area contributed by atoms with Crippen LogP contribution in [0.15, 0.2) is 34.8 Å². The summed E-state index contributed by atoms with van der Waals surface area (Å²) in [6.45, 7) is 2.26. The monoisotopic (exact) mass is 290 g/mol. The molecule has 0 fully saturated rings. The maximum Gasteiger partial charge on any atom is 0.0793 e. The van der Waals surface area contributed by atoms with Crippen molar-refractivity contribution in [2.75, 3.05) is 0 Å². The summed E-state index contributed by atoms with van der Waals surface area (Å²) >= 11 is 3.61. The highest BCUT2D eigenvalue weighted by molar-refractivity contribution is 9.10. The van der Waals surface area contributed by atoms with Gasteiger partial charge in [-0.3, -0.25) is 0 Å². The molecular weight excluding hydrogens is 276 g/mol. The number of hydrogen-bond donors (Lipinski definition) is 1. The molecule has 2 aromatic rings. The summed E-state index contributed by atoms with van der Waals surface area (Å²) < 4.78 is 1.08. The van der Waals surface area contributed by atoms with E-state index in [4.69, 9.17) is 0 Å². The number of fused-ring (bicyclic) bond motifs is 3. The lowest BCUT2D eigenvalue weighted by atomic mass is 9.79. The zero-order valence-corrected chi connectivity index (χ0v) is 11.4. The van der Waals surface area contributed by atoms with Gasteiger partial charge < -0.3 is 5.11 Å². The number of rotatable bonds is 0. The summed E-state index contributed by atoms with van der Waals surface area (Å²) in [6.07, 6.45) is 1.64. The summed E-state index contributed by atoms with van der Waals surface area (Å²) in [4.78, 5) is 0. The van der Waals surface area contributed by atoms with E-state index in [0.717, 1.165) is 22.9 Å². The lowest BCUT2D eigenvalue weighted by Crippen LogP contribution is -2.13. The van der Waals surface area contributed by atoms with Gasteiger partial charge in [0.25, 0.3) is 0 Å². The second kappa shape index (κ2) is 4.11. The highest BCUT2D eigenvalue weighted by Gasteiger charge is 2.25. The fraction of sp³-hybridized carbons (Fsp3) is 0.333. The van der Waals surface area contributed by atoms with Gasteiger partial charge in [0.2, 0.25) is 0 Å². The van der Waals surface area contributed by atoms with Crippen LogP contribution in [-0.2, 0) is 0 Å². The van der Waals surface area contributed by atoms with Crippen molar-refractivity contribution in [3.8, 4) is 0 Å². The highest BCUT2D eigenvalue weighted by atomic mass is 79.9. The van der Waals surface area contributed by atoms with Crippen molar-refractivity contribution in [2.45, 2.75) is 31.8 Å². The van der Waals surface area contributed by atoms with E-state index in [1.54, 1.807) is 0 Å². The van der Waals surface area contributed by atoms with E-state index < -0.39 is 0 Å². The molecule has 1 aliphatic carbocycles. The second-order valence-electron chi connectivity index (χ2n) is 4.90. The summed E-state index contributed by atoms with van der Waals surface area (Å²) in [5, 5.41) is 12.7. The molecule has 0 amide bonds. The molecule has 1 N–H and O–H groups in total. The van der Waals surface area contributed by atoms with Crippen LogP contribution in [0.25, 0.3) is 10.8 Å². The zero-order chi connectivity index (χ0) is 12.0. The van der Waals surface area contributed by atoms with Crippen LogP contribution in [-0.4, -0.2) is 5.11 Å². The molecule has 17 heavy (non-hydrogen) atoms. The first-order chi connectivity index (χ1) is 8.18. The third-order valence-corrected chi connectivity index (χ3v) is 4.45. The van der Waals surface area contributed by atoms with Crippen LogP contribution >= 0.6 is 15.9 Å². The van der Waals surface area contributed by atoms with Gasteiger partial charge in [0.15, 0.2) is 0 Å². The Hall–Kier alpha value is -0.860. The zero-order valence-electron chi connectivity index (χ0n) is 9.78. The molecule has 0 aromatic heterocycles. The molecule has 0 saturated carbocycles. The van der Waals surface area contributed by atoms with Gasteiger partial charge in [-0.2, -0.15) is 0 Å². The molecule has 2 heteroatoms. The summed E-state index contributed by atoms with van der Waals surface area (Å²) in [5.74, 6) is 0.534. The van der Waals surface area contributed by atoms with E-state index in [1.807, 2.05) is 0 Å². The van der Waals surface area contributed by atoms with Gasteiger partial charge in [-0.1, -0.05) is 47.1 Å². The van der Waals surface area contributed by atoms with Crippen molar-refractivity contribution in [1.29, 1.82) is 0 Å². The van der Waals surface area contributed by atoms with Crippen LogP contribution in [0.1, 0.15) is 42.9 Å². The van der Waals surface area contributed by atoms with Crippen LogP contribution in [0.3, 0.4) is 0 Å². The SMILES string of the molecule is CC1CC[C@@H](O)c2cc(Br)c3ccccc3c21. The number of halogens is 1. The third-order valence-electron chi connectivity index (χ3n) is 3.79. The first-order valence-corrected chi connectivity index (χ1v) is 6.87. The minimum Gasteiger partial charge on any atom is -0.388 e. The van der Waals surface area contributed by atoms with E-state index in [-0.39, 0.29) is 6.10 Å². The van der Waals surface area contributed by atoms with Gasteiger partial charge in [-0.15, -0.1) is 0 Å². The Kier molecular flexibility index (Phi) is 2.72. The molecule has 1 aliphatic rings. The lowest BCUT2D eigenvalue weighted by molar-refractivity contribution is 0.152. The van der Waals surface area contributed by atoms with E-state index in [0.29, 0.717) is 5.92 Å². The first-order valence-electron chi connectivity index (χ1n) is 6.07. The average molecular weight is 291 g/mol. The van der Waals surface area contributed by atoms with Gasteiger partial charge in [-0.05, 0) is 46.7 Å². The molecular formula is C15H15BrO. The molecule has 1 unspecified atom stereocenters. The second-order valence-corrected chi connectivity index (χ2v) is 5.76. The van der Waals surface area contributed by atoms with Gasteiger partial charge in [0.05, 0.1) is 6.10 Å². The van der Waals surface area contributed by atoms with E-state index in [1.165, 1.54) is 16.3 Å². The van der Waals surface area contributed by atoms with Gasteiger partial charge in [0.1, 0.15) is 0 Å². The van der Waals surface area contributed by atoms with Gasteiger partial charge in [-0.25, -0.2) is 0 Å². The Morgan fingerprint density at radius 2 is 1.88 bits per heavy atom. The quantitative estimate of drug-likeness (QED) is 0.756. The van der Waals surface area contributed by atoms with Crippen molar-refractivity contribution in [3.63, 3.8) is 0 Å². The van der Waals surface area contributed by atoms with Crippen molar-refractivity contribution < 1.29 is 5.11 Å². The maximum atomic E-state index is 10.1. The maximum absolute atomic E-state index is 10.1. The summed E-state index contributed by atoms with van der Waals surface area (Å²) in [6, 6.07) is 10.5. The molecule has 1 nitrogen and oxygen atoms in total. The predicted molar refractivity (Wildman–Crippen MR) is 74.3 cm³/mol. The minimum absolute atomic E-state index is 0.304. The van der Waals surface area contributed by atoms with Crippen LogP contribution < -0.4 is 0 Å². The summed E-state index contributed by atoms with van der Waals surface area (Å²) in [5.41, 5.74) is 2.44. The normalized spacial score (nSPS) is 23.7. The largest absolute Gasteiger partial charge is 0.388 e. The van der Waals surface area contributed by atoms with Gasteiger partial charge >= 0.3 is 0 Å². The first kappa shape index (κ1) is 11.2. The number of aliphatic hydroxyl groups is 1. The smallest absolute Gasteiger partial charge is 0.0793 e.